The molecule has 3 rings (SSSR count). The van der Waals surface area contributed by atoms with Gasteiger partial charge in [-0.25, -0.2) is 0 Å². The van der Waals surface area contributed by atoms with E-state index in [2.05, 4.69) is 27.0 Å². The summed E-state index contributed by atoms with van der Waals surface area (Å²) in [5, 5.41) is 16.6. The summed E-state index contributed by atoms with van der Waals surface area (Å²) in [5.41, 5.74) is 5.33. The number of amides is 2. The average molecular weight is 547 g/mol. The van der Waals surface area contributed by atoms with Crippen LogP contribution in [-0.2, 0) is 16.1 Å². The fourth-order valence-corrected chi connectivity index (χ4v) is 4.59. The largest absolute Gasteiger partial charge is 0.405 e. The lowest BCUT2D eigenvalue weighted by Crippen LogP contribution is -2.34. The van der Waals surface area contributed by atoms with E-state index in [0.29, 0.717) is 17.9 Å². The van der Waals surface area contributed by atoms with Gasteiger partial charge in [-0.15, -0.1) is 0 Å². The first-order chi connectivity index (χ1) is 18.1. The minimum Gasteiger partial charge on any atom is -0.355 e. The number of benzene rings is 1. The molecular formula is C25H25F3N6O3S. The minimum absolute atomic E-state index is 0.0924. The van der Waals surface area contributed by atoms with Crippen LogP contribution >= 0.6 is 11.3 Å². The lowest BCUT2D eigenvalue weighted by Gasteiger charge is -2.14. The molecule has 1 aromatic heterocycles. The Balaban J connectivity index is 1.82. The number of nitrogens with zero attached hydrogens (tertiary/aromatic N) is 3. The number of rotatable bonds is 8. The molecule has 0 spiro atoms. The van der Waals surface area contributed by atoms with Crippen molar-refractivity contribution in [1.29, 1.82) is 5.26 Å². The Hall–Kier alpha value is -4.07. The molecule has 9 nitrogen and oxygen atoms in total. The summed E-state index contributed by atoms with van der Waals surface area (Å²) in [6.45, 7) is 2.39. The molecule has 0 saturated carbocycles. The van der Waals surface area contributed by atoms with Gasteiger partial charge < -0.3 is 16.0 Å². The summed E-state index contributed by atoms with van der Waals surface area (Å²) in [6.07, 6.45) is -1.05. The average Bonchev–Trinajstić information content (AvgIpc) is 3.48. The Morgan fingerprint density at radius 2 is 1.92 bits per heavy atom. The number of likely N-dealkylation sites (tertiary alicyclic amines) is 1. The highest BCUT2D eigenvalue weighted by molar-refractivity contribution is 7.07. The summed E-state index contributed by atoms with van der Waals surface area (Å²) >= 11 is 0.878. The van der Waals surface area contributed by atoms with Crippen molar-refractivity contribution < 1.29 is 22.8 Å². The Kier molecular flexibility index (Phi) is 9.71. The molecule has 3 N–H and O–H groups in total. The van der Waals surface area contributed by atoms with E-state index in [1.165, 1.54) is 16.8 Å². The van der Waals surface area contributed by atoms with Crippen LogP contribution in [0.4, 0.5) is 24.5 Å². The first-order valence-corrected chi connectivity index (χ1v) is 12.5. The molecule has 1 aliphatic heterocycles. The van der Waals surface area contributed by atoms with Crippen molar-refractivity contribution in [3.8, 4) is 6.07 Å². The maximum Gasteiger partial charge on any atom is 0.405 e. The number of carbonyl (C=O) groups excluding carboxylic acids is 2. The molecule has 1 saturated heterocycles. The number of hydrogen-bond donors (Lipinski definition) is 3. The van der Waals surface area contributed by atoms with Crippen molar-refractivity contribution in [3.63, 3.8) is 0 Å². The second-order valence-corrected chi connectivity index (χ2v) is 9.24. The highest BCUT2D eigenvalue weighted by Gasteiger charge is 2.28. The van der Waals surface area contributed by atoms with Gasteiger partial charge in [-0.2, -0.15) is 18.4 Å². The van der Waals surface area contributed by atoms with Crippen molar-refractivity contribution >= 4 is 46.0 Å². The Labute approximate surface area is 219 Å². The van der Waals surface area contributed by atoms with E-state index in [4.69, 9.17) is 0 Å². The summed E-state index contributed by atoms with van der Waals surface area (Å²) in [6, 6.07) is 8.50. The van der Waals surface area contributed by atoms with Gasteiger partial charge in [0.25, 0.3) is 11.5 Å². The smallest absolute Gasteiger partial charge is 0.355 e. The third-order valence-electron chi connectivity index (χ3n) is 5.37. The highest BCUT2D eigenvalue weighted by atomic mass is 32.1. The highest BCUT2D eigenvalue weighted by Crippen LogP contribution is 2.15. The van der Waals surface area contributed by atoms with Crippen LogP contribution in [0, 0.1) is 11.3 Å². The number of nitrogens with one attached hydrogen (secondary N) is 3. The molecule has 0 atom stereocenters. The summed E-state index contributed by atoms with van der Waals surface area (Å²) in [4.78, 5) is 39.0. The van der Waals surface area contributed by atoms with Gasteiger partial charge in [-0.3, -0.25) is 23.9 Å². The SMILES string of the molecule is CCn1c(=C=C(C#N)C(=O)NCC(F)(F)F)sc(=C=CNc2cccc(NC(=O)CN3CCCC3)c2)c1=O. The van der Waals surface area contributed by atoms with Crippen LogP contribution in [0.3, 0.4) is 0 Å². The molecule has 0 unspecified atom stereocenters. The number of anilines is 2. The zero-order chi connectivity index (χ0) is 27.7. The number of nitriles is 1. The molecule has 1 fully saturated rings. The topological polar surface area (TPSA) is 119 Å². The quantitative estimate of drug-likeness (QED) is 0.341. The summed E-state index contributed by atoms with van der Waals surface area (Å²) in [7, 11) is 0. The van der Waals surface area contributed by atoms with E-state index in [1.807, 2.05) is 0 Å². The van der Waals surface area contributed by atoms with Crippen LogP contribution in [0.2, 0.25) is 0 Å². The van der Waals surface area contributed by atoms with Crippen LogP contribution in [0.25, 0.3) is 11.5 Å². The maximum atomic E-state index is 12.7. The lowest BCUT2D eigenvalue weighted by molar-refractivity contribution is -0.136. The Morgan fingerprint density at radius 3 is 2.58 bits per heavy atom. The predicted molar refractivity (Wildman–Crippen MR) is 137 cm³/mol. The fourth-order valence-electron chi connectivity index (χ4n) is 3.61. The molecule has 0 aliphatic carbocycles. The molecule has 1 aliphatic rings. The fraction of sp³-hybridized carbons (Fsp3) is 0.360. The number of thiazole rings is 1. The molecule has 38 heavy (non-hydrogen) atoms. The molecule has 13 heteroatoms. The van der Waals surface area contributed by atoms with Gasteiger partial charge in [0.05, 0.1) is 6.54 Å². The number of hydrogen-bond acceptors (Lipinski definition) is 7. The maximum absolute atomic E-state index is 12.7. The molecule has 2 amide bonds. The molecule has 0 radical (unpaired) electrons. The number of aromatic nitrogens is 1. The van der Waals surface area contributed by atoms with Gasteiger partial charge in [-0.05, 0) is 51.1 Å². The molecule has 2 heterocycles. The second kappa shape index (κ2) is 12.9. The molecule has 2 aromatic rings. The number of halogens is 3. The zero-order valence-corrected chi connectivity index (χ0v) is 21.3. The van der Waals surface area contributed by atoms with E-state index >= 15 is 0 Å². The lowest BCUT2D eigenvalue weighted by atomic mass is 10.2. The third-order valence-corrected chi connectivity index (χ3v) is 6.39. The van der Waals surface area contributed by atoms with Gasteiger partial charge in [0, 0.05) is 24.1 Å². The second-order valence-electron chi connectivity index (χ2n) is 8.24. The first-order valence-electron chi connectivity index (χ1n) is 11.7. The summed E-state index contributed by atoms with van der Waals surface area (Å²) < 4.78 is 38.6. The number of carbonyl (C=O) groups is 2. The van der Waals surface area contributed by atoms with Crippen molar-refractivity contribution in [2.24, 2.45) is 0 Å². The van der Waals surface area contributed by atoms with Crippen molar-refractivity contribution in [1.82, 2.24) is 14.8 Å². The normalized spacial score (nSPS) is 13.1. The molecule has 1 aromatic carbocycles. The van der Waals surface area contributed by atoms with E-state index in [-0.39, 0.29) is 21.6 Å². The molecule has 200 valence electrons. The monoisotopic (exact) mass is 546 g/mol. The minimum atomic E-state index is -4.64. The third kappa shape index (κ3) is 8.23. The molecular weight excluding hydrogens is 521 g/mol. The van der Waals surface area contributed by atoms with E-state index < -0.39 is 29.8 Å². The van der Waals surface area contributed by atoms with Gasteiger partial charge in [-0.1, -0.05) is 28.9 Å². The van der Waals surface area contributed by atoms with Crippen LogP contribution in [0.1, 0.15) is 19.8 Å². The van der Waals surface area contributed by atoms with E-state index in [9.17, 15) is 32.8 Å². The number of alkyl halides is 3. The standard InChI is InChI=1S/C25H25F3N6O3S/c1-2-34-22(12-17(14-29)23(36)31-16-25(26,27)28)38-20(24(34)37)8-9-30-18-6-5-7-19(13-18)32-21(35)15-33-10-3-4-11-33/h5-7,9,13,30H,2-4,10-11,15-16H2,1H3,(H,31,36)(H,32,35). The Bertz CT molecular complexity index is 1490. The van der Waals surface area contributed by atoms with Crippen molar-refractivity contribution in [2.45, 2.75) is 32.5 Å². The Morgan fingerprint density at radius 1 is 1.21 bits per heavy atom. The van der Waals surface area contributed by atoms with E-state index in [0.717, 1.165) is 37.3 Å². The predicted octanol–water partition coefficient (Wildman–Crippen LogP) is 1.48. The van der Waals surface area contributed by atoms with Crippen LogP contribution < -0.4 is 30.7 Å². The van der Waals surface area contributed by atoms with Gasteiger partial charge in [0.15, 0.2) is 5.57 Å². The summed E-state index contributed by atoms with van der Waals surface area (Å²) in [5.74, 6) is -1.35. The van der Waals surface area contributed by atoms with Crippen molar-refractivity contribution in [2.75, 3.05) is 36.8 Å². The zero-order valence-electron chi connectivity index (χ0n) is 20.4. The van der Waals surface area contributed by atoms with Gasteiger partial charge >= 0.3 is 6.18 Å². The van der Waals surface area contributed by atoms with Crippen molar-refractivity contribution in [3.05, 3.63) is 55.6 Å². The van der Waals surface area contributed by atoms with E-state index in [1.54, 1.807) is 36.5 Å². The molecule has 0 bridgehead atoms. The van der Waals surface area contributed by atoms with Crippen LogP contribution in [0.5, 0.6) is 0 Å². The first kappa shape index (κ1) is 28.5. The van der Waals surface area contributed by atoms with Crippen LogP contribution in [0.15, 0.2) is 40.8 Å². The van der Waals surface area contributed by atoms with Gasteiger partial charge in [0.1, 0.15) is 21.8 Å². The van der Waals surface area contributed by atoms with Crippen LogP contribution in [-0.4, -0.2) is 53.6 Å². The van der Waals surface area contributed by atoms with Gasteiger partial charge in [0.2, 0.25) is 5.91 Å².